The van der Waals surface area contributed by atoms with Crippen LogP contribution in [0.25, 0.3) is 0 Å². The molecule has 1 rings (SSSR count). The summed E-state index contributed by atoms with van der Waals surface area (Å²) in [5.74, 6) is 0.422. The number of hydrogen-bond donors (Lipinski definition) is 1. The van der Waals surface area contributed by atoms with Gasteiger partial charge >= 0.3 is 0 Å². The van der Waals surface area contributed by atoms with Crippen molar-refractivity contribution >= 4 is 5.91 Å². The van der Waals surface area contributed by atoms with Crippen LogP contribution in [0.3, 0.4) is 0 Å². The van der Waals surface area contributed by atoms with E-state index >= 15 is 0 Å². The van der Waals surface area contributed by atoms with Gasteiger partial charge in [0.1, 0.15) is 0 Å². The van der Waals surface area contributed by atoms with Gasteiger partial charge in [-0.25, -0.2) is 0 Å². The first kappa shape index (κ1) is 13.5. The highest BCUT2D eigenvalue weighted by atomic mass is 16.2. The summed E-state index contributed by atoms with van der Waals surface area (Å²) in [6, 6.07) is 0.492. The Bertz CT molecular complexity index is 216. The second-order valence-electron chi connectivity index (χ2n) is 4.95. The van der Waals surface area contributed by atoms with Crippen LogP contribution in [-0.4, -0.2) is 29.9 Å². The fourth-order valence-corrected chi connectivity index (χ4v) is 2.58. The van der Waals surface area contributed by atoms with Crippen LogP contribution in [0.2, 0.25) is 0 Å². The molecule has 1 aliphatic heterocycles. The number of nitrogens with two attached hydrogens (primary N) is 1. The molecule has 2 N–H and O–H groups in total. The Balaban J connectivity index is 2.56. The van der Waals surface area contributed by atoms with Crippen molar-refractivity contribution < 1.29 is 4.79 Å². The molecule has 1 fully saturated rings. The standard InChI is InChI=1S/C13H26N2O/c1-3-6-12-7-4-5-10-15(12)13(16)11(2)8-9-14/h11-12H,3-10,14H2,1-2H3. The molecule has 0 spiro atoms. The molecule has 0 radical (unpaired) electrons. The third kappa shape index (κ3) is 3.48. The number of likely N-dealkylation sites (tertiary alicyclic amines) is 1. The van der Waals surface area contributed by atoms with E-state index in [1.807, 2.05) is 6.92 Å². The SMILES string of the molecule is CCCC1CCCCN1C(=O)C(C)CCN. The van der Waals surface area contributed by atoms with Crippen molar-refractivity contribution in [1.29, 1.82) is 0 Å². The van der Waals surface area contributed by atoms with Crippen LogP contribution in [0.1, 0.15) is 52.4 Å². The fraction of sp³-hybridized carbons (Fsp3) is 0.923. The predicted molar refractivity (Wildman–Crippen MR) is 67.1 cm³/mol. The highest BCUT2D eigenvalue weighted by Gasteiger charge is 2.28. The lowest BCUT2D eigenvalue weighted by atomic mass is 9.95. The van der Waals surface area contributed by atoms with Gasteiger partial charge in [0.25, 0.3) is 0 Å². The summed E-state index contributed by atoms with van der Waals surface area (Å²) >= 11 is 0. The van der Waals surface area contributed by atoms with Gasteiger partial charge in [-0.1, -0.05) is 20.3 Å². The lowest BCUT2D eigenvalue weighted by Crippen LogP contribution is -2.46. The zero-order chi connectivity index (χ0) is 12.0. The largest absolute Gasteiger partial charge is 0.339 e. The van der Waals surface area contributed by atoms with Crippen LogP contribution < -0.4 is 5.73 Å². The van der Waals surface area contributed by atoms with Gasteiger partial charge in [-0.2, -0.15) is 0 Å². The van der Waals surface area contributed by atoms with E-state index in [0.29, 0.717) is 18.5 Å². The molecular weight excluding hydrogens is 200 g/mol. The minimum atomic E-state index is 0.0995. The maximum atomic E-state index is 12.2. The average Bonchev–Trinajstić information content (AvgIpc) is 2.29. The van der Waals surface area contributed by atoms with Crippen LogP contribution in [0.4, 0.5) is 0 Å². The van der Waals surface area contributed by atoms with E-state index in [-0.39, 0.29) is 5.92 Å². The minimum absolute atomic E-state index is 0.0995. The lowest BCUT2D eigenvalue weighted by molar-refractivity contribution is -0.139. The number of hydrogen-bond acceptors (Lipinski definition) is 2. The first-order valence-electron chi connectivity index (χ1n) is 6.71. The van der Waals surface area contributed by atoms with Gasteiger partial charge in [0.2, 0.25) is 5.91 Å². The van der Waals surface area contributed by atoms with Gasteiger partial charge in [-0.15, -0.1) is 0 Å². The predicted octanol–water partition coefficient (Wildman–Crippen LogP) is 2.15. The number of amides is 1. The van der Waals surface area contributed by atoms with Crippen LogP contribution in [0, 0.1) is 5.92 Å². The number of carbonyl (C=O) groups is 1. The van der Waals surface area contributed by atoms with E-state index in [9.17, 15) is 4.79 Å². The normalized spacial score (nSPS) is 23.2. The molecule has 1 saturated heterocycles. The molecule has 3 heteroatoms. The highest BCUT2D eigenvalue weighted by molar-refractivity contribution is 5.78. The lowest BCUT2D eigenvalue weighted by Gasteiger charge is -2.37. The van der Waals surface area contributed by atoms with Crippen molar-refractivity contribution in [2.24, 2.45) is 11.7 Å². The van der Waals surface area contributed by atoms with Crippen molar-refractivity contribution in [3.63, 3.8) is 0 Å². The molecule has 94 valence electrons. The molecule has 0 aromatic heterocycles. The summed E-state index contributed by atoms with van der Waals surface area (Å²) in [6.45, 7) is 5.77. The quantitative estimate of drug-likeness (QED) is 0.781. The second-order valence-corrected chi connectivity index (χ2v) is 4.95. The van der Waals surface area contributed by atoms with Crippen molar-refractivity contribution in [2.45, 2.75) is 58.4 Å². The van der Waals surface area contributed by atoms with Crippen molar-refractivity contribution in [1.82, 2.24) is 4.90 Å². The fourth-order valence-electron chi connectivity index (χ4n) is 2.58. The molecule has 2 unspecified atom stereocenters. The Morgan fingerprint density at radius 2 is 2.25 bits per heavy atom. The molecule has 2 atom stereocenters. The minimum Gasteiger partial charge on any atom is -0.339 e. The van der Waals surface area contributed by atoms with Gasteiger partial charge in [0.05, 0.1) is 0 Å². The first-order chi connectivity index (χ1) is 7.70. The summed E-state index contributed by atoms with van der Waals surface area (Å²) in [5, 5.41) is 0. The van der Waals surface area contributed by atoms with E-state index < -0.39 is 0 Å². The molecule has 1 aliphatic rings. The molecule has 0 aromatic rings. The molecule has 0 bridgehead atoms. The number of nitrogens with zero attached hydrogens (tertiary/aromatic N) is 1. The number of carbonyl (C=O) groups excluding carboxylic acids is 1. The highest BCUT2D eigenvalue weighted by Crippen LogP contribution is 2.23. The van der Waals surface area contributed by atoms with Gasteiger partial charge in [0, 0.05) is 18.5 Å². The second kappa shape index (κ2) is 6.89. The Hall–Kier alpha value is -0.570. The van der Waals surface area contributed by atoms with E-state index in [1.165, 1.54) is 25.7 Å². The monoisotopic (exact) mass is 226 g/mol. The molecule has 0 saturated carbocycles. The Labute approximate surface area is 99.4 Å². The van der Waals surface area contributed by atoms with Gasteiger partial charge < -0.3 is 10.6 Å². The Kier molecular flexibility index (Phi) is 5.81. The van der Waals surface area contributed by atoms with Crippen LogP contribution in [0.15, 0.2) is 0 Å². The first-order valence-corrected chi connectivity index (χ1v) is 6.71. The van der Waals surface area contributed by atoms with Crippen molar-refractivity contribution in [3.05, 3.63) is 0 Å². The maximum absolute atomic E-state index is 12.2. The number of piperidine rings is 1. The summed E-state index contributed by atoms with van der Waals surface area (Å²) in [5.41, 5.74) is 5.52. The summed E-state index contributed by atoms with van der Waals surface area (Å²) < 4.78 is 0. The Morgan fingerprint density at radius 3 is 2.88 bits per heavy atom. The van der Waals surface area contributed by atoms with Crippen LogP contribution in [0.5, 0.6) is 0 Å². The maximum Gasteiger partial charge on any atom is 0.225 e. The topological polar surface area (TPSA) is 46.3 Å². The molecule has 3 nitrogen and oxygen atoms in total. The van der Waals surface area contributed by atoms with Crippen LogP contribution >= 0.6 is 0 Å². The summed E-state index contributed by atoms with van der Waals surface area (Å²) in [7, 11) is 0. The van der Waals surface area contributed by atoms with Crippen molar-refractivity contribution in [3.8, 4) is 0 Å². The average molecular weight is 226 g/mol. The number of rotatable bonds is 5. The third-order valence-electron chi connectivity index (χ3n) is 3.55. The van der Waals surface area contributed by atoms with Gasteiger partial charge in [-0.05, 0) is 38.6 Å². The molecule has 0 aliphatic carbocycles. The summed E-state index contributed by atoms with van der Waals surface area (Å²) in [6.07, 6.45) is 6.77. The smallest absolute Gasteiger partial charge is 0.225 e. The molecular formula is C13H26N2O. The zero-order valence-corrected chi connectivity index (χ0v) is 10.7. The molecule has 1 amide bonds. The van der Waals surface area contributed by atoms with Gasteiger partial charge in [0.15, 0.2) is 0 Å². The van der Waals surface area contributed by atoms with E-state index in [4.69, 9.17) is 5.73 Å². The van der Waals surface area contributed by atoms with E-state index in [0.717, 1.165) is 19.4 Å². The van der Waals surface area contributed by atoms with Crippen LogP contribution in [-0.2, 0) is 4.79 Å². The van der Waals surface area contributed by atoms with Crippen molar-refractivity contribution in [2.75, 3.05) is 13.1 Å². The van der Waals surface area contributed by atoms with Gasteiger partial charge in [-0.3, -0.25) is 4.79 Å². The molecule has 0 aromatic carbocycles. The Morgan fingerprint density at radius 1 is 1.50 bits per heavy atom. The third-order valence-corrected chi connectivity index (χ3v) is 3.55. The molecule has 1 heterocycles. The van der Waals surface area contributed by atoms with E-state index in [1.54, 1.807) is 0 Å². The summed E-state index contributed by atoms with van der Waals surface area (Å²) in [4.78, 5) is 14.4. The van der Waals surface area contributed by atoms with E-state index in [2.05, 4.69) is 11.8 Å². The molecule has 16 heavy (non-hydrogen) atoms. The zero-order valence-electron chi connectivity index (χ0n) is 10.7.